The largest absolute Gasteiger partial charge is 0.492 e. The van der Waals surface area contributed by atoms with E-state index in [1.165, 1.54) is 24.3 Å². The molecule has 0 amide bonds. The molecule has 0 spiro atoms. The van der Waals surface area contributed by atoms with Crippen LogP contribution in [0, 0.1) is 5.82 Å². The van der Waals surface area contributed by atoms with Crippen molar-refractivity contribution in [3.05, 3.63) is 30.1 Å². The Hall–Kier alpha value is -1.22. The summed E-state index contributed by atoms with van der Waals surface area (Å²) in [6, 6.07) is 5.44. The molecule has 0 atom stereocenters. The second kappa shape index (κ2) is 11.4. The van der Waals surface area contributed by atoms with Gasteiger partial charge in [0.1, 0.15) is 18.2 Å². The van der Waals surface area contributed by atoms with Crippen molar-refractivity contribution < 1.29 is 22.3 Å². The van der Waals surface area contributed by atoms with Crippen LogP contribution in [0.3, 0.4) is 0 Å². The average molecular weight is 362 g/mol. The number of likely N-dealkylation sites (N-methyl/N-ethyl adjacent to an activating group) is 1. The predicted molar refractivity (Wildman–Crippen MR) is 92.3 cm³/mol. The number of benzene rings is 1. The van der Waals surface area contributed by atoms with E-state index >= 15 is 0 Å². The third kappa shape index (κ3) is 9.17. The van der Waals surface area contributed by atoms with Gasteiger partial charge in [-0.05, 0) is 37.4 Å². The van der Waals surface area contributed by atoms with Gasteiger partial charge in [-0.3, -0.25) is 0 Å². The third-order valence-electron chi connectivity index (χ3n) is 3.45. The zero-order chi connectivity index (χ0) is 17.8. The molecule has 24 heavy (non-hydrogen) atoms. The standard InChI is InChI=1S/C16H27FN2O4S/c1-3-19(4-2)10-12-22-11-9-18-24(20,21)14-13-23-16-7-5-15(17)6-8-16/h5-8,18H,3-4,9-14H2,1-2H3. The maximum Gasteiger partial charge on any atom is 0.215 e. The van der Waals surface area contributed by atoms with Crippen LogP contribution in [0.1, 0.15) is 13.8 Å². The Balaban J connectivity index is 2.12. The fraction of sp³-hybridized carbons (Fsp3) is 0.625. The fourth-order valence-electron chi connectivity index (χ4n) is 1.98. The number of ether oxygens (including phenoxy) is 2. The van der Waals surface area contributed by atoms with E-state index < -0.39 is 10.0 Å². The summed E-state index contributed by atoms with van der Waals surface area (Å²) in [6.45, 7) is 8.11. The predicted octanol–water partition coefficient (Wildman–Crippen LogP) is 1.48. The Bertz CT molecular complexity index is 548. The first-order chi connectivity index (χ1) is 11.5. The molecule has 0 aromatic heterocycles. The molecular formula is C16H27FN2O4S. The second-order valence-electron chi connectivity index (χ2n) is 5.15. The summed E-state index contributed by atoms with van der Waals surface area (Å²) >= 11 is 0. The Labute approximate surface area is 144 Å². The van der Waals surface area contributed by atoms with Gasteiger partial charge in [0.15, 0.2) is 0 Å². The van der Waals surface area contributed by atoms with E-state index in [0.717, 1.165) is 19.6 Å². The molecule has 0 fully saturated rings. The second-order valence-corrected chi connectivity index (χ2v) is 7.08. The molecule has 0 aliphatic heterocycles. The van der Waals surface area contributed by atoms with E-state index in [1.807, 2.05) is 0 Å². The molecule has 0 unspecified atom stereocenters. The molecule has 0 radical (unpaired) electrons. The molecule has 138 valence electrons. The van der Waals surface area contributed by atoms with Gasteiger partial charge in [-0.1, -0.05) is 13.8 Å². The minimum absolute atomic E-state index is 0.00375. The number of rotatable bonds is 13. The first kappa shape index (κ1) is 20.8. The first-order valence-corrected chi connectivity index (χ1v) is 9.78. The van der Waals surface area contributed by atoms with Crippen LogP contribution in [0.15, 0.2) is 24.3 Å². The molecule has 8 heteroatoms. The van der Waals surface area contributed by atoms with Gasteiger partial charge in [-0.2, -0.15) is 0 Å². The highest BCUT2D eigenvalue weighted by Crippen LogP contribution is 2.10. The van der Waals surface area contributed by atoms with Crippen molar-refractivity contribution in [3.8, 4) is 5.75 Å². The lowest BCUT2D eigenvalue weighted by Crippen LogP contribution is -2.32. The van der Waals surface area contributed by atoms with Crippen LogP contribution >= 0.6 is 0 Å². The van der Waals surface area contributed by atoms with E-state index in [-0.39, 0.29) is 24.7 Å². The molecular weight excluding hydrogens is 335 g/mol. The van der Waals surface area contributed by atoms with Crippen molar-refractivity contribution in [2.45, 2.75) is 13.8 Å². The SMILES string of the molecule is CCN(CC)CCOCCNS(=O)(=O)CCOc1ccc(F)cc1. The normalized spacial score (nSPS) is 11.8. The van der Waals surface area contributed by atoms with E-state index in [4.69, 9.17) is 9.47 Å². The van der Waals surface area contributed by atoms with Gasteiger partial charge in [0, 0.05) is 13.1 Å². The summed E-state index contributed by atoms with van der Waals surface area (Å²) in [5, 5.41) is 0. The van der Waals surface area contributed by atoms with Crippen molar-refractivity contribution >= 4 is 10.0 Å². The molecule has 1 aromatic rings. The van der Waals surface area contributed by atoms with Crippen LogP contribution in [0.2, 0.25) is 0 Å². The van der Waals surface area contributed by atoms with Crippen LogP contribution in [-0.2, 0) is 14.8 Å². The van der Waals surface area contributed by atoms with Gasteiger partial charge in [-0.25, -0.2) is 17.5 Å². The van der Waals surface area contributed by atoms with Gasteiger partial charge < -0.3 is 14.4 Å². The fourth-order valence-corrected chi connectivity index (χ4v) is 2.82. The molecule has 0 aliphatic rings. The molecule has 0 heterocycles. The van der Waals surface area contributed by atoms with E-state index in [2.05, 4.69) is 23.5 Å². The highest BCUT2D eigenvalue weighted by molar-refractivity contribution is 7.89. The number of sulfonamides is 1. The summed E-state index contributed by atoms with van der Waals surface area (Å²) in [5.41, 5.74) is 0. The molecule has 1 rings (SSSR count). The van der Waals surface area contributed by atoms with Gasteiger partial charge in [-0.15, -0.1) is 0 Å². The maximum absolute atomic E-state index is 12.7. The topological polar surface area (TPSA) is 67.9 Å². The quantitative estimate of drug-likeness (QED) is 0.539. The van der Waals surface area contributed by atoms with Crippen LogP contribution in [0.5, 0.6) is 5.75 Å². The van der Waals surface area contributed by atoms with Gasteiger partial charge in [0.2, 0.25) is 10.0 Å². The lowest BCUT2D eigenvalue weighted by Gasteiger charge is -2.17. The van der Waals surface area contributed by atoms with Crippen LogP contribution in [-0.4, -0.2) is 65.1 Å². The third-order valence-corrected chi connectivity index (χ3v) is 4.80. The Morgan fingerprint density at radius 1 is 1.08 bits per heavy atom. The first-order valence-electron chi connectivity index (χ1n) is 8.12. The molecule has 6 nitrogen and oxygen atoms in total. The number of hydrogen-bond acceptors (Lipinski definition) is 5. The van der Waals surface area contributed by atoms with Crippen LogP contribution in [0.25, 0.3) is 0 Å². The van der Waals surface area contributed by atoms with Crippen molar-refractivity contribution in [2.75, 3.05) is 51.8 Å². The summed E-state index contributed by atoms with van der Waals surface area (Å²) in [7, 11) is -3.41. The lowest BCUT2D eigenvalue weighted by atomic mass is 10.3. The van der Waals surface area contributed by atoms with E-state index in [9.17, 15) is 12.8 Å². The Morgan fingerprint density at radius 3 is 2.38 bits per heavy atom. The number of halogens is 1. The molecule has 0 aliphatic carbocycles. The summed E-state index contributed by atoms with van der Waals surface area (Å²) in [4.78, 5) is 2.23. The monoisotopic (exact) mass is 362 g/mol. The molecule has 0 bridgehead atoms. The zero-order valence-electron chi connectivity index (χ0n) is 14.3. The lowest BCUT2D eigenvalue weighted by molar-refractivity contribution is 0.111. The Morgan fingerprint density at radius 2 is 1.75 bits per heavy atom. The summed E-state index contributed by atoms with van der Waals surface area (Å²) in [6.07, 6.45) is 0. The van der Waals surface area contributed by atoms with Crippen LogP contribution < -0.4 is 9.46 Å². The molecule has 0 saturated carbocycles. The molecule has 0 saturated heterocycles. The zero-order valence-corrected chi connectivity index (χ0v) is 15.1. The molecule has 1 aromatic carbocycles. The minimum atomic E-state index is -3.41. The van der Waals surface area contributed by atoms with Gasteiger partial charge in [0.05, 0.1) is 19.0 Å². The number of nitrogens with zero attached hydrogens (tertiary/aromatic N) is 1. The van der Waals surface area contributed by atoms with Crippen molar-refractivity contribution in [1.29, 1.82) is 0 Å². The summed E-state index contributed by atoms with van der Waals surface area (Å²) < 4.78 is 49.5. The number of nitrogens with one attached hydrogen (secondary N) is 1. The van der Waals surface area contributed by atoms with E-state index in [0.29, 0.717) is 19.0 Å². The van der Waals surface area contributed by atoms with Crippen molar-refractivity contribution in [1.82, 2.24) is 9.62 Å². The highest BCUT2D eigenvalue weighted by atomic mass is 32.2. The smallest absolute Gasteiger partial charge is 0.215 e. The van der Waals surface area contributed by atoms with Crippen LogP contribution in [0.4, 0.5) is 4.39 Å². The average Bonchev–Trinajstić information content (AvgIpc) is 2.56. The Kier molecular flexibility index (Phi) is 9.85. The van der Waals surface area contributed by atoms with Crippen molar-refractivity contribution in [3.63, 3.8) is 0 Å². The van der Waals surface area contributed by atoms with Crippen molar-refractivity contribution in [2.24, 2.45) is 0 Å². The van der Waals surface area contributed by atoms with E-state index in [1.54, 1.807) is 0 Å². The number of hydrogen-bond donors (Lipinski definition) is 1. The summed E-state index contributed by atoms with van der Waals surface area (Å²) in [5.74, 6) is -0.0898. The van der Waals surface area contributed by atoms with Gasteiger partial charge in [0.25, 0.3) is 0 Å². The minimum Gasteiger partial charge on any atom is -0.492 e. The molecule has 1 N–H and O–H groups in total. The highest BCUT2D eigenvalue weighted by Gasteiger charge is 2.10. The van der Waals surface area contributed by atoms with Gasteiger partial charge >= 0.3 is 0 Å². The maximum atomic E-state index is 12.7.